The molecule has 0 amide bonds. The number of non-ortho nitro benzene ring substituents is 1. The van der Waals surface area contributed by atoms with Gasteiger partial charge in [0.25, 0.3) is 11.2 Å². The molecular formula is C20H19F3N6O4S. The van der Waals surface area contributed by atoms with E-state index in [-0.39, 0.29) is 20.8 Å². The summed E-state index contributed by atoms with van der Waals surface area (Å²) in [6.45, 7) is 2.94. The number of piperazine rings is 1. The van der Waals surface area contributed by atoms with Crippen LogP contribution in [0.15, 0.2) is 15.4 Å². The maximum absolute atomic E-state index is 13.4. The molecule has 1 saturated carbocycles. The molecule has 180 valence electrons. The molecule has 2 aromatic heterocycles. The molecule has 3 aromatic rings. The summed E-state index contributed by atoms with van der Waals surface area (Å²) < 4.78 is 45.5. The molecule has 1 aliphatic heterocycles. The molecule has 2 fully saturated rings. The normalized spacial score (nSPS) is 17.3. The Kier molecular flexibility index (Phi) is 5.41. The monoisotopic (exact) mass is 496 g/mol. The highest BCUT2D eigenvalue weighted by atomic mass is 32.1. The molecule has 0 radical (unpaired) electrons. The average Bonchev–Trinajstić information content (AvgIpc) is 3.20. The highest BCUT2D eigenvalue weighted by Crippen LogP contribution is 2.41. The molecule has 10 nitrogen and oxygen atoms in total. The topological polar surface area (TPSA) is 118 Å². The first kappa shape index (κ1) is 22.5. The fourth-order valence-corrected chi connectivity index (χ4v) is 5.41. The summed E-state index contributed by atoms with van der Waals surface area (Å²) in [7, 11) is 0. The van der Waals surface area contributed by atoms with E-state index in [1.165, 1.54) is 0 Å². The predicted molar refractivity (Wildman–Crippen MR) is 118 cm³/mol. The Morgan fingerprint density at radius 2 is 1.85 bits per heavy atom. The molecular weight excluding hydrogens is 477 g/mol. The van der Waals surface area contributed by atoms with Gasteiger partial charge in [0.1, 0.15) is 4.70 Å². The largest absolute Gasteiger partial charge is 0.416 e. The first-order valence-electron chi connectivity index (χ1n) is 10.7. The zero-order valence-electron chi connectivity index (χ0n) is 18.0. The molecule has 1 saturated heterocycles. The summed E-state index contributed by atoms with van der Waals surface area (Å²) in [5.41, 5.74) is -3.25. The summed E-state index contributed by atoms with van der Waals surface area (Å²) in [5, 5.41) is 15.5. The summed E-state index contributed by atoms with van der Waals surface area (Å²) >= 11 is 0.848. The number of benzene rings is 1. The van der Waals surface area contributed by atoms with Gasteiger partial charge >= 0.3 is 12.2 Å². The number of nitrogens with zero attached hydrogens (tertiary/aromatic N) is 6. The third kappa shape index (κ3) is 3.85. The summed E-state index contributed by atoms with van der Waals surface area (Å²) in [6, 6.07) is 0.914. The molecule has 0 atom stereocenters. The zero-order valence-corrected chi connectivity index (χ0v) is 18.8. The number of hydrogen-bond acceptors (Lipinski definition) is 10. The van der Waals surface area contributed by atoms with Crippen molar-refractivity contribution in [2.24, 2.45) is 0 Å². The van der Waals surface area contributed by atoms with E-state index in [1.54, 1.807) is 4.90 Å². The molecule has 0 unspecified atom stereocenters. The van der Waals surface area contributed by atoms with Crippen LogP contribution in [0.25, 0.3) is 10.1 Å². The van der Waals surface area contributed by atoms with E-state index in [9.17, 15) is 28.1 Å². The first-order chi connectivity index (χ1) is 16.1. The minimum Gasteiger partial charge on any atom is -0.344 e. The van der Waals surface area contributed by atoms with Gasteiger partial charge in [0.15, 0.2) is 11.0 Å². The van der Waals surface area contributed by atoms with Crippen molar-refractivity contribution < 1.29 is 22.6 Å². The second kappa shape index (κ2) is 8.18. The second-order valence-electron chi connectivity index (χ2n) is 8.37. The molecule has 0 spiro atoms. The van der Waals surface area contributed by atoms with E-state index in [0.717, 1.165) is 37.5 Å². The van der Waals surface area contributed by atoms with Gasteiger partial charge in [-0.1, -0.05) is 22.9 Å². The summed E-state index contributed by atoms with van der Waals surface area (Å²) in [5.74, 6) is 1.05. The van der Waals surface area contributed by atoms with Crippen molar-refractivity contribution >= 4 is 38.3 Å². The molecule has 14 heteroatoms. The highest BCUT2D eigenvalue weighted by Gasteiger charge is 2.37. The van der Waals surface area contributed by atoms with Crippen LogP contribution < -0.4 is 15.4 Å². The fraction of sp³-hybridized carbons (Fsp3) is 0.500. The number of anilines is 2. The Hall–Kier alpha value is -3.29. The molecule has 34 heavy (non-hydrogen) atoms. The van der Waals surface area contributed by atoms with E-state index >= 15 is 0 Å². The van der Waals surface area contributed by atoms with Gasteiger partial charge in [0.05, 0.1) is 15.9 Å². The summed E-state index contributed by atoms with van der Waals surface area (Å²) in [4.78, 5) is 35.6. The van der Waals surface area contributed by atoms with Crippen molar-refractivity contribution in [2.75, 3.05) is 36.0 Å². The van der Waals surface area contributed by atoms with Crippen LogP contribution in [0.5, 0.6) is 0 Å². The first-order valence-corrected chi connectivity index (χ1v) is 11.5. The third-order valence-corrected chi connectivity index (χ3v) is 7.50. The molecule has 1 aromatic carbocycles. The molecule has 0 bridgehead atoms. The van der Waals surface area contributed by atoms with Crippen LogP contribution in [0.1, 0.15) is 42.1 Å². The Morgan fingerprint density at radius 1 is 1.18 bits per heavy atom. The second-order valence-corrected chi connectivity index (χ2v) is 9.34. The number of alkyl halides is 3. The lowest BCUT2D eigenvalue weighted by atomic mass is 9.85. The fourth-order valence-electron chi connectivity index (χ4n) is 4.20. The third-order valence-electron chi connectivity index (χ3n) is 6.35. The number of aryl methyl sites for hydroxylation is 1. The van der Waals surface area contributed by atoms with Gasteiger partial charge in [-0.15, -0.1) is 0 Å². The molecule has 2 aliphatic rings. The van der Waals surface area contributed by atoms with Crippen molar-refractivity contribution in [3.05, 3.63) is 43.5 Å². The van der Waals surface area contributed by atoms with Gasteiger partial charge < -0.3 is 14.3 Å². The molecule has 5 rings (SSSR count). The van der Waals surface area contributed by atoms with Gasteiger partial charge in [0.2, 0.25) is 0 Å². The van der Waals surface area contributed by atoms with Crippen LogP contribution in [-0.4, -0.2) is 46.2 Å². The minimum atomic E-state index is -4.83. The zero-order chi connectivity index (χ0) is 24.2. The van der Waals surface area contributed by atoms with Crippen LogP contribution in [0.2, 0.25) is 0 Å². The Balaban J connectivity index is 1.43. The molecule has 1 aliphatic carbocycles. The highest BCUT2D eigenvalue weighted by molar-refractivity contribution is 7.22. The summed E-state index contributed by atoms with van der Waals surface area (Å²) in [6.07, 6.45) is -1.57. The van der Waals surface area contributed by atoms with E-state index in [1.807, 2.05) is 4.90 Å². The van der Waals surface area contributed by atoms with E-state index < -0.39 is 27.9 Å². The molecule has 0 N–H and O–H groups in total. The van der Waals surface area contributed by atoms with Crippen molar-refractivity contribution in [2.45, 2.75) is 38.3 Å². The van der Waals surface area contributed by atoms with E-state index in [0.29, 0.717) is 50.0 Å². The van der Waals surface area contributed by atoms with Crippen molar-refractivity contribution in [3.8, 4) is 0 Å². The van der Waals surface area contributed by atoms with Crippen LogP contribution in [0, 0.1) is 17.0 Å². The number of hydrogen-bond donors (Lipinski definition) is 0. The number of nitro benzene ring substituents is 1. The predicted octanol–water partition coefficient (Wildman–Crippen LogP) is 3.87. The van der Waals surface area contributed by atoms with Crippen molar-refractivity contribution in [1.82, 2.24) is 15.1 Å². The lowest BCUT2D eigenvalue weighted by Gasteiger charge is -2.33. The van der Waals surface area contributed by atoms with Crippen molar-refractivity contribution in [3.63, 3.8) is 0 Å². The number of halogens is 3. The maximum Gasteiger partial charge on any atom is 0.416 e. The van der Waals surface area contributed by atoms with Gasteiger partial charge in [-0.05, 0) is 25.3 Å². The number of nitro groups is 1. The van der Waals surface area contributed by atoms with Gasteiger partial charge in [0, 0.05) is 38.2 Å². The van der Waals surface area contributed by atoms with Crippen LogP contribution in [0.3, 0.4) is 0 Å². The maximum atomic E-state index is 13.4. The Morgan fingerprint density at radius 3 is 2.44 bits per heavy atom. The number of fused-ring (bicyclic) bond motifs is 1. The van der Waals surface area contributed by atoms with Gasteiger partial charge in [-0.3, -0.25) is 14.9 Å². The lowest BCUT2D eigenvalue weighted by molar-refractivity contribution is -0.383. The lowest BCUT2D eigenvalue weighted by Crippen LogP contribution is -2.47. The van der Waals surface area contributed by atoms with Crippen LogP contribution in [-0.2, 0) is 6.18 Å². The Labute approximate surface area is 194 Å². The molecule has 3 heterocycles. The van der Waals surface area contributed by atoms with E-state index in [4.69, 9.17) is 4.52 Å². The van der Waals surface area contributed by atoms with Crippen molar-refractivity contribution in [1.29, 1.82) is 0 Å². The van der Waals surface area contributed by atoms with Crippen LogP contribution in [0.4, 0.5) is 30.0 Å². The van der Waals surface area contributed by atoms with Gasteiger partial charge in [-0.25, -0.2) is 0 Å². The minimum absolute atomic E-state index is 0.116. The SMILES string of the molecule is Cc1c(C(F)(F)F)cc([N+](=O)[O-])c2sc(N3CCN(c4nc(C5CCC5)no4)CC3)nc(=O)c12. The quantitative estimate of drug-likeness (QED) is 0.392. The number of rotatable bonds is 4. The van der Waals surface area contributed by atoms with Gasteiger partial charge in [-0.2, -0.15) is 23.1 Å². The standard InChI is InChI=1S/C20H19F3N6O4S/c1-10-12(20(21,22)23)9-13(29(31)32)15-14(10)17(30)25-19(34-15)28-7-5-27(6-8-28)18-24-16(26-33-18)11-3-2-4-11/h9,11H,2-8H2,1H3. The smallest absolute Gasteiger partial charge is 0.344 e. The van der Waals surface area contributed by atoms with E-state index in [2.05, 4.69) is 15.1 Å². The average molecular weight is 496 g/mol. The van der Waals surface area contributed by atoms with Crippen LogP contribution >= 0.6 is 11.3 Å². The number of aromatic nitrogens is 3. The Bertz CT molecular complexity index is 1330.